The lowest BCUT2D eigenvalue weighted by Gasteiger charge is -2.05. The number of halogens is 3. The summed E-state index contributed by atoms with van der Waals surface area (Å²) in [6.07, 6.45) is -2.84. The number of rotatable bonds is 2. The van der Waals surface area contributed by atoms with Crippen molar-refractivity contribution in [3.8, 4) is 0 Å². The van der Waals surface area contributed by atoms with Gasteiger partial charge in [0.25, 0.3) is 12.1 Å². The van der Waals surface area contributed by atoms with E-state index in [4.69, 9.17) is 0 Å². The molecule has 0 amide bonds. The number of alkyl halides is 2. The number of nitrogens with zero attached hydrogens (tertiary/aromatic N) is 1. The van der Waals surface area contributed by atoms with Gasteiger partial charge in [0.05, 0.1) is 15.0 Å². The largest absolute Gasteiger partial charge is 0.292 e. The number of nitro groups is 1. The van der Waals surface area contributed by atoms with Crippen molar-refractivity contribution >= 4 is 21.6 Å². The Morgan fingerprint density at radius 1 is 1.50 bits per heavy atom. The molecule has 1 aromatic carbocycles. The fourth-order valence-corrected chi connectivity index (χ4v) is 1.55. The van der Waals surface area contributed by atoms with E-state index in [-0.39, 0.29) is 4.47 Å². The van der Waals surface area contributed by atoms with E-state index in [2.05, 4.69) is 15.9 Å². The Kier molecular flexibility index (Phi) is 3.15. The first kappa shape index (κ1) is 11.0. The van der Waals surface area contributed by atoms with E-state index >= 15 is 0 Å². The van der Waals surface area contributed by atoms with Gasteiger partial charge in [-0.05, 0) is 34.5 Å². The lowest BCUT2D eigenvalue weighted by molar-refractivity contribution is -0.387. The van der Waals surface area contributed by atoms with Crippen LogP contribution >= 0.6 is 15.9 Å². The van der Waals surface area contributed by atoms with Gasteiger partial charge in [0.1, 0.15) is 0 Å². The molecule has 0 aromatic heterocycles. The molecule has 0 fully saturated rings. The summed E-state index contributed by atoms with van der Waals surface area (Å²) < 4.78 is 24.9. The topological polar surface area (TPSA) is 43.1 Å². The van der Waals surface area contributed by atoms with Crippen molar-refractivity contribution in [3.05, 3.63) is 37.8 Å². The Morgan fingerprint density at radius 2 is 2.07 bits per heavy atom. The predicted octanol–water partition coefficient (Wildman–Crippen LogP) is 3.60. The van der Waals surface area contributed by atoms with Crippen molar-refractivity contribution in [2.45, 2.75) is 13.3 Å². The van der Waals surface area contributed by atoms with Crippen LogP contribution < -0.4 is 0 Å². The Morgan fingerprint density at radius 3 is 2.50 bits per heavy atom. The van der Waals surface area contributed by atoms with Gasteiger partial charge >= 0.3 is 0 Å². The molecule has 1 rings (SSSR count). The molecule has 0 bridgehead atoms. The van der Waals surface area contributed by atoms with Crippen molar-refractivity contribution in [1.82, 2.24) is 0 Å². The SMILES string of the molecule is Cc1ccc(C(F)F)c([N+](=O)[O-])c1Br. The minimum absolute atomic E-state index is 0.111. The Bertz CT molecular complexity index is 382. The summed E-state index contributed by atoms with van der Waals surface area (Å²) in [5.41, 5.74) is -0.562. The number of nitro benzene ring substituents is 1. The van der Waals surface area contributed by atoms with E-state index < -0.39 is 22.6 Å². The fourth-order valence-electron chi connectivity index (χ4n) is 1.04. The van der Waals surface area contributed by atoms with Gasteiger partial charge in [-0.15, -0.1) is 0 Å². The average Bonchev–Trinajstić information content (AvgIpc) is 2.08. The maximum absolute atomic E-state index is 12.4. The molecule has 3 nitrogen and oxygen atoms in total. The smallest absolute Gasteiger partial charge is 0.258 e. The number of aryl methyl sites for hydroxylation is 1. The summed E-state index contributed by atoms with van der Waals surface area (Å²) >= 11 is 2.92. The molecule has 1 aromatic rings. The highest BCUT2D eigenvalue weighted by molar-refractivity contribution is 9.10. The van der Waals surface area contributed by atoms with E-state index in [0.717, 1.165) is 6.07 Å². The van der Waals surface area contributed by atoms with Crippen LogP contribution in [0, 0.1) is 17.0 Å². The molecule has 76 valence electrons. The second kappa shape index (κ2) is 4.00. The molecular weight excluding hydrogens is 260 g/mol. The second-order valence-electron chi connectivity index (χ2n) is 2.69. The van der Waals surface area contributed by atoms with Gasteiger partial charge in [-0.25, -0.2) is 8.78 Å². The summed E-state index contributed by atoms with van der Waals surface area (Å²) in [6.45, 7) is 1.60. The third-order valence-corrected chi connectivity index (χ3v) is 2.76. The molecule has 0 saturated carbocycles. The van der Waals surface area contributed by atoms with Crippen LogP contribution in [0.3, 0.4) is 0 Å². The van der Waals surface area contributed by atoms with Gasteiger partial charge in [0.15, 0.2) is 0 Å². The number of benzene rings is 1. The molecule has 0 aliphatic carbocycles. The van der Waals surface area contributed by atoms with Gasteiger partial charge < -0.3 is 0 Å². The van der Waals surface area contributed by atoms with Crippen molar-refractivity contribution in [3.63, 3.8) is 0 Å². The van der Waals surface area contributed by atoms with E-state index in [1.54, 1.807) is 6.92 Å². The van der Waals surface area contributed by atoms with Gasteiger partial charge in [0.2, 0.25) is 0 Å². The second-order valence-corrected chi connectivity index (χ2v) is 3.49. The van der Waals surface area contributed by atoms with Crippen LogP contribution in [0.2, 0.25) is 0 Å². The van der Waals surface area contributed by atoms with Crippen molar-refractivity contribution in [2.75, 3.05) is 0 Å². The molecule has 0 aliphatic rings. The minimum atomic E-state index is -2.84. The molecule has 0 radical (unpaired) electrons. The monoisotopic (exact) mass is 265 g/mol. The first-order chi connectivity index (χ1) is 6.45. The highest BCUT2D eigenvalue weighted by Crippen LogP contribution is 2.36. The molecule has 0 aliphatic heterocycles. The first-order valence-electron chi connectivity index (χ1n) is 3.66. The first-order valence-corrected chi connectivity index (χ1v) is 4.46. The molecular formula is C8H6BrF2NO2. The Hall–Kier alpha value is -1.04. The van der Waals surface area contributed by atoms with Crippen LogP contribution in [0.1, 0.15) is 17.6 Å². The lowest BCUT2D eigenvalue weighted by atomic mass is 10.1. The Balaban J connectivity index is 3.45. The predicted molar refractivity (Wildman–Crippen MR) is 50.5 cm³/mol. The van der Waals surface area contributed by atoms with E-state index in [1.807, 2.05) is 0 Å². The molecule has 14 heavy (non-hydrogen) atoms. The summed E-state index contributed by atoms with van der Waals surface area (Å²) in [4.78, 5) is 9.73. The van der Waals surface area contributed by atoms with Gasteiger partial charge in [-0.1, -0.05) is 6.07 Å². The third kappa shape index (κ3) is 1.89. The fraction of sp³-hybridized carbons (Fsp3) is 0.250. The maximum Gasteiger partial charge on any atom is 0.292 e. The van der Waals surface area contributed by atoms with Crippen LogP contribution in [0.15, 0.2) is 16.6 Å². The van der Waals surface area contributed by atoms with Crippen molar-refractivity contribution in [2.24, 2.45) is 0 Å². The molecule has 6 heteroatoms. The van der Waals surface area contributed by atoms with Crippen molar-refractivity contribution in [1.29, 1.82) is 0 Å². The summed E-state index contributed by atoms with van der Waals surface area (Å²) in [7, 11) is 0. The molecule has 0 saturated heterocycles. The van der Waals surface area contributed by atoms with Gasteiger partial charge in [-0.3, -0.25) is 10.1 Å². The van der Waals surface area contributed by atoms with Crippen LogP contribution in [-0.2, 0) is 0 Å². The van der Waals surface area contributed by atoms with Crippen LogP contribution in [-0.4, -0.2) is 4.92 Å². The number of hydrogen-bond acceptors (Lipinski definition) is 2. The van der Waals surface area contributed by atoms with Crippen molar-refractivity contribution < 1.29 is 13.7 Å². The summed E-state index contributed by atoms with van der Waals surface area (Å²) in [5.74, 6) is 0. The quantitative estimate of drug-likeness (QED) is 0.606. The molecule has 0 unspecified atom stereocenters. The lowest BCUT2D eigenvalue weighted by Crippen LogP contribution is -1.98. The number of hydrogen-bond donors (Lipinski definition) is 0. The standard InChI is InChI=1S/C8H6BrF2NO2/c1-4-2-3-5(8(10)11)7(6(4)9)12(13)14/h2-3,8H,1H3. The van der Waals surface area contributed by atoms with Gasteiger partial charge in [-0.2, -0.15) is 0 Å². The Labute approximate surface area is 87.0 Å². The average molecular weight is 266 g/mol. The molecule has 0 N–H and O–H groups in total. The summed E-state index contributed by atoms with van der Waals surface area (Å²) in [5, 5.41) is 10.5. The zero-order valence-corrected chi connectivity index (χ0v) is 8.72. The van der Waals surface area contributed by atoms with E-state index in [1.165, 1.54) is 6.07 Å². The van der Waals surface area contributed by atoms with Crippen LogP contribution in [0.25, 0.3) is 0 Å². The van der Waals surface area contributed by atoms with E-state index in [9.17, 15) is 18.9 Å². The molecule has 0 spiro atoms. The molecule has 0 heterocycles. The highest BCUT2D eigenvalue weighted by Gasteiger charge is 2.25. The van der Waals surface area contributed by atoms with E-state index in [0.29, 0.717) is 5.56 Å². The zero-order chi connectivity index (χ0) is 10.9. The minimum Gasteiger partial charge on any atom is -0.258 e. The van der Waals surface area contributed by atoms with Crippen LogP contribution in [0.5, 0.6) is 0 Å². The highest BCUT2D eigenvalue weighted by atomic mass is 79.9. The molecule has 0 atom stereocenters. The maximum atomic E-state index is 12.4. The van der Waals surface area contributed by atoms with Gasteiger partial charge in [0, 0.05) is 0 Å². The summed E-state index contributed by atoms with van der Waals surface area (Å²) in [6, 6.07) is 2.49. The zero-order valence-electron chi connectivity index (χ0n) is 7.13. The normalized spacial score (nSPS) is 10.6. The van der Waals surface area contributed by atoms with Crippen LogP contribution in [0.4, 0.5) is 14.5 Å². The third-order valence-electron chi connectivity index (χ3n) is 1.76.